The van der Waals surface area contributed by atoms with Gasteiger partial charge in [-0.3, -0.25) is 9.52 Å². The van der Waals surface area contributed by atoms with E-state index in [0.717, 1.165) is 5.56 Å². The molecule has 1 aliphatic rings. The van der Waals surface area contributed by atoms with Gasteiger partial charge in [0.15, 0.2) is 0 Å². The van der Waals surface area contributed by atoms with Gasteiger partial charge in [-0.25, -0.2) is 8.42 Å². The van der Waals surface area contributed by atoms with Crippen LogP contribution in [-0.4, -0.2) is 24.7 Å². The van der Waals surface area contributed by atoms with E-state index in [1.165, 1.54) is 0 Å². The van der Waals surface area contributed by atoms with Crippen molar-refractivity contribution in [1.82, 2.24) is 0 Å². The largest absolute Gasteiger partial charge is 0.481 e. The highest BCUT2D eigenvalue weighted by atomic mass is 32.2. The van der Waals surface area contributed by atoms with E-state index in [9.17, 15) is 18.3 Å². The number of carbonyl (C=O) groups is 1. The minimum absolute atomic E-state index is 0.457. The van der Waals surface area contributed by atoms with Crippen LogP contribution in [0.15, 0.2) is 24.3 Å². The summed E-state index contributed by atoms with van der Waals surface area (Å²) in [7, 11) is -3.37. The van der Waals surface area contributed by atoms with Crippen molar-refractivity contribution >= 4 is 21.7 Å². The van der Waals surface area contributed by atoms with Gasteiger partial charge in [-0.15, -0.1) is 0 Å². The van der Waals surface area contributed by atoms with Crippen molar-refractivity contribution in [3.63, 3.8) is 0 Å². The molecule has 0 spiro atoms. The lowest BCUT2D eigenvalue weighted by Crippen LogP contribution is -2.23. The molecule has 0 bridgehead atoms. The van der Waals surface area contributed by atoms with Crippen molar-refractivity contribution in [2.75, 3.05) is 4.72 Å². The third-order valence-electron chi connectivity index (χ3n) is 3.48. The molecule has 6 heteroatoms. The van der Waals surface area contributed by atoms with E-state index >= 15 is 0 Å². The van der Waals surface area contributed by atoms with Gasteiger partial charge in [0.05, 0.1) is 10.7 Å². The van der Waals surface area contributed by atoms with Gasteiger partial charge in [0.1, 0.15) is 0 Å². The maximum atomic E-state index is 11.7. The van der Waals surface area contributed by atoms with Crippen molar-refractivity contribution in [3.8, 4) is 0 Å². The number of hydrogen-bond acceptors (Lipinski definition) is 3. The highest BCUT2D eigenvalue weighted by molar-refractivity contribution is 7.93. The second kappa shape index (κ2) is 4.52. The minimum Gasteiger partial charge on any atom is -0.481 e. The Hall–Kier alpha value is -1.56. The molecule has 1 aromatic rings. The summed E-state index contributed by atoms with van der Waals surface area (Å²) < 4.78 is 25.9. The fourth-order valence-corrected chi connectivity index (χ4v) is 2.59. The number of anilines is 1. The molecule has 0 aromatic heterocycles. The lowest BCUT2D eigenvalue weighted by molar-refractivity contribution is -0.140. The predicted octanol–water partition coefficient (Wildman–Crippen LogP) is 1.95. The van der Waals surface area contributed by atoms with Gasteiger partial charge in [0.25, 0.3) is 0 Å². The molecule has 0 heterocycles. The average molecular weight is 283 g/mol. The number of benzene rings is 1. The molecule has 0 unspecified atom stereocenters. The average Bonchev–Trinajstić information content (AvgIpc) is 3.10. The molecule has 0 saturated heterocycles. The Morgan fingerprint density at radius 3 is 2.16 bits per heavy atom. The van der Waals surface area contributed by atoms with Crippen LogP contribution in [0.1, 0.15) is 32.3 Å². The van der Waals surface area contributed by atoms with E-state index in [4.69, 9.17) is 0 Å². The van der Waals surface area contributed by atoms with Crippen LogP contribution in [0.4, 0.5) is 5.69 Å². The zero-order chi connectivity index (χ0) is 14.3. The van der Waals surface area contributed by atoms with Gasteiger partial charge >= 0.3 is 5.97 Å². The Morgan fingerprint density at radius 1 is 1.26 bits per heavy atom. The third-order valence-corrected chi connectivity index (χ3v) is 5.24. The predicted molar refractivity (Wildman–Crippen MR) is 72.7 cm³/mol. The number of rotatable bonds is 5. The summed E-state index contributed by atoms with van der Waals surface area (Å²) in [5, 5.41) is 8.66. The first-order valence-electron chi connectivity index (χ1n) is 6.13. The molecular formula is C13H17NO4S. The number of sulfonamides is 1. The molecule has 1 aliphatic carbocycles. The van der Waals surface area contributed by atoms with Gasteiger partial charge in [-0.05, 0) is 44.4 Å². The highest BCUT2D eigenvalue weighted by Gasteiger charge is 2.51. The summed E-state index contributed by atoms with van der Waals surface area (Å²) in [6.45, 7) is 3.20. The van der Waals surface area contributed by atoms with Crippen molar-refractivity contribution in [3.05, 3.63) is 29.8 Å². The summed E-state index contributed by atoms with van der Waals surface area (Å²) in [6.07, 6.45) is 1.28. The fourth-order valence-electron chi connectivity index (χ4n) is 1.89. The summed E-state index contributed by atoms with van der Waals surface area (Å²) in [5.41, 5.74) is 0.432. The van der Waals surface area contributed by atoms with Gasteiger partial charge in [-0.2, -0.15) is 0 Å². The molecule has 1 fully saturated rings. The van der Waals surface area contributed by atoms with Crippen molar-refractivity contribution in [1.29, 1.82) is 0 Å². The second-order valence-corrected chi connectivity index (χ2v) is 7.40. The Bertz CT molecular complexity index is 586. The van der Waals surface area contributed by atoms with E-state index in [-0.39, 0.29) is 0 Å². The summed E-state index contributed by atoms with van der Waals surface area (Å²) in [5.74, 6) is -0.817. The topological polar surface area (TPSA) is 83.5 Å². The van der Waals surface area contributed by atoms with Crippen LogP contribution in [0, 0.1) is 0 Å². The zero-order valence-corrected chi connectivity index (χ0v) is 11.7. The molecule has 1 aromatic carbocycles. The van der Waals surface area contributed by atoms with Crippen LogP contribution in [0.2, 0.25) is 0 Å². The van der Waals surface area contributed by atoms with Crippen LogP contribution in [0.25, 0.3) is 0 Å². The maximum Gasteiger partial charge on any atom is 0.314 e. The first kappa shape index (κ1) is 13.9. The molecule has 2 rings (SSSR count). The Morgan fingerprint density at radius 2 is 1.79 bits per heavy atom. The van der Waals surface area contributed by atoms with Crippen LogP contribution in [-0.2, 0) is 20.2 Å². The quantitative estimate of drug-likeness (QED) is 0.865. The van der Waals surface area contributed by atoms with E-state index in [2.05, 4.69) is 4.72 Å². The lowest BCUT2D eigenvalue weighted by atomic mass is 9.96. The number of hydrogen-bond donors (Lipinski definition) is 2. The molecule has 19 heavy (non-hydrogen) atoms. The Kier molecular flexibility index (Phi) is 3.30. The minimum atomic E-state index is -3.37. The molecule has 104 valence electrons. The Balaban J connectivity index is 2.19. The van der Waals surface area contributed by atoms with Crippen molar-refractivity contribution in [2.24, 2.45) is 0 Å². The SMILES string of the molecule is CC(C)S(=O)(=O)Nc1ccc(C2(C(=O)O)CC2)cc1. The van der Waals surface area contributed by atoms with E-state index in [1.807, 2.05) is 0 Å². The summed E-state index contributed by atoms with van der Waals surface area (Å²) in [4.78, 5) is 11.2. The number of carboxylic acid groups (broad SMARTS) is 1. The molecular weight excluding hydrogens is 266 g/mol. The second-order valence-electron chi connectivity index (χ2n) is 5.16. The lowest BCUT2D eigenvalue weighted by Gasteiger charge is -2.13. The smallest absolute Gasteiger partial charge is 0.314 e. The van der Waals surface area contributed by atoms with E-state index in [1.54, 1.807) is 38.1 Å². The molecule has 0 radical (unpaired) electrons. The van der Waals surface area contributed by atoms with Crippen LogP contribution in [0.5, 0.6) is 0 Å². The van der Waals surface area contributed by atoms with Crippen LogP contribution >= 0.6 is 0 Å². The number of aliphatic carboxylic acids is 1. The normalized spacial score (nSPS) is 17.2. The number of nitrogens with one attached hydrogen (secondary N) is 1. The third kappa shape index (κ3) is 2.58. The van der Waals surface area contributed by atoms with Gasteiger partial charge < -0.3 is 5.11 Å². The Labute approximate surface area is 112 Å². The fraction of sp³-hybridized carbons (Fsp3) is 0.462. The van der Waals surface area contributed by atoms with Gasteiger partial charge in [0, 0.05) is 5.69 Å². The monoisotopic (exact) mass is 283 g/mol. The highest BCUT2D eigenvalue weighted by Crippen LogP contribution is 2.48. The molecule has 1 saturated carbocycles. The van der Waals surface area contributed by atoms with Gasteiger partial charge in [0.2, 0.25) is 10.0 Å². The first-order chi connectivity index (χ1) is 8.78. The standard InChI is InChI=1S/C13H17NO4S/c1-9(2)19(17,18)14-11-5-3-10(4-6-11)13(7-8-13)12(15)16/h3-6,9,14H,7-8H2,1-2H3,(H,15,16). The van der Waals surface area contributed by atoms with E-state index in [0.29, 0.717) is 18.5 Å². The van der Waals surface area contributed by atoms with E-state index < -0.39 is 26.7 Å². The summed E-state index contributed by atoms with van der Waals surface area (Å²) >= 11 is 0. The van der Waals surface area contributed by atoms with Gasteiger partial charge in [-0.1, -0.05) is 12.1 Å². The maximum absolute atomic E-state index is 11.7. The number of carboxylic acids is 1. The molecule has 0 amide bonds. The van der Waals surface area contributed by atoms with Crippen molar-refractivity contribution in [2.45, 2.75) is 37.4 Å². The van der Waals surface area contributed by atoms with Crippen LogP contribution < -0.4 is 4.72 Å². The molecule has 2 N–H and O–H groups in total. The van der Waals surface area contributed by atoms with Crippen LogP contribution in [0.3, 0.4) is 0 Å². The first-order valence-corrected chi connectivity index (χ1v) is 7.68. The summed E-state index contributed by atoms with van der Waals surface area (Å²) in [6, 6.07) is 6.58. The molecule has 0 aliphatic heterocycles. The molecule has 5 nitrogen and oxygen atoms in total. The zero-order valence-electron chi connectivity index (χ0n) is 10.9. The molecule has 0 atom stereocenters. The van der Waals surface area contributed by atoms with Crippen molar-refractivity contribution < 1.29 is 18.3 Å².